The molecule has 0 atom stereocenters. The Morgan fingerprint density at radius 2 is 1.95 bits per heavy atom. The van der Waals surface area contributed by atoms with Crippen molar-refractivity contribution in [3.8, 4) is 0 Å². The third-order valence-electron chi connectivity index (χ3n) is 2.93. The predicted molar refractivity (Wildman–Crippen MR) is 76.8 cm³/mol. The van der Waals surface area contributed by atoms with E-state index in [1.807, 2.05) is 0 Å². The van der Waals surface area contributed by atoms with Gasteiger partial charge in [-0.05, 0) is 30.3 Å². The summed E-state index contributed by atoms with van der Waals surface area (Å²) in [4.78, 5) is 19.8. The van der Waals surface area contributed by atoms with Crippen molar-refractivity contribution >= 4 is 33.3 Å². The highest BCUT2D eigenvalue weighted by atomic mass is 32.1. The molecule has 0 aliphatic carbocycles. The van der Waals surface area contributed by atoms with Crippen LogP contribution in [-0.2, 0) is 6.18 Å². The highest BCUT2D eigenvalue weighted by molar-refractivity contribution is 7.16. The summed E-state index contributed by atoms with van der Waals surface area (Å²) >= 11 is 1.40. The summed E-state index contributed by atoms with van der Waals surface area (Å²) in [5, 5.41) is 2.46. The maximum absolute atomic E-state index is 12.4. The number of nitrogens with one attached hydrogen (secondary N) is 1. The van der Waals surface area contributed by atoms with Gasteiger partial charge in [0.05, 0.1) is 21.3 Å². The molecular weight excluding hydrogens is 315 g/mol. The second-order valence-electron chi connectivity index (χ2n) is 4.42. The van der Waals surface area contributed by atoms with Crippen LogP contribution in [-0.4, -0.2) is 15.9 Å². The maximum atomic E-state index is 12.4. The van der Waals surface area contributed by atoms with E-state index in [9.17, 15) is 18.0 Å². The Morgan fingerprint density at radius 3 is 2.64 bits per heavy atom. The first-order chi connectivity index (χ1) is 10.4. The van der Waals surface area contributed by atoms with Gasteiger partial charge in [0.1, 0.15) is 5.82 Å². The minimum absolute atomic E-state index is 0.0578. The molecule has 1 N–H and O–H groups in total. The molecule has 0 radical (unpaired) electrons. The number of carbonyl (C=O) groups is 1. The summed E-state index contributed by atoms with van der Waals surface area (Å²) in [6.45, 7) is 0. The minimum Gasteiger partial charge on any atom is -0.307 e. The number of halogens is 3. The first-order valence-corrected chi connectivity index (χ1v) is 6.99. The summed E-state index contributed by atoms with van der Waals surface area (Å²) in [7, 11) is 0. The van der Waals surface area contributed by atoms with Crippen molar-refractivity contribution in [2.24, 2.45) is 0 Å². The van der Waals surface area contributed by atoms with Crippen molar-refractivity contribution in [2.75, 3.05) is 5.32 Å². The quantitative estimate of drug-likeness (QED) is 0.776. The largest absolute Gasteiger partial charge is 0.417 e. The van der Waals surface area contributed by atoms with Crippen LogP contribution in [0, 0.1) is 0 Å². The summed E-state index contributed by atoms with van der Waals surface area (Å²) in [5.74, 6) is -0.384. The lowest BCUT2D eigenvalue weighted by Gasteiger charge is -2.08. The molecule has 1 amide bonds. The lowest BCUT2D eigenvalue weighted by molar-refractivity contribution is -0.137. The molecule has 8 heteroatoms. The van der Waals surface area contributed by atoms with E-state index in [0.29, 0.717) is 11.8 Å². The van der Waals surface area contributed by atoms with Crippen LogP contribution in [0.3, 0.4) is 0 Å². The summed E-state index contributed by atoms with van der Waals surface area (Å²) in [5.41, 5.74) is 1.98. The van der Waals surface area contributed by atoms with Gasteiger partial charge in [-0.3, -0.25) is 4.79 Å². The Kier molecular flexibility index (Phi) is 3.53. The van der Waals surface area contributed by atoms with Gasteiger partial charge in [-0.25, -0.2) is 9.97 Å². The van der Waals surface area contributed by atoms with Crippen LogP contribution in [0.5, 0.6) is 0 Å². The number of amides is 1. The van der Waals surface area contributed by atoms with E-state index in [0.717, 1.165) is 22.3 Å². The number of alkyl halides is 3. The van der Waals surface area contributed by atoms with E-state index < -0.39 is 17.6 Å². The van der Waals surface area contributed by atoms with Crippen molar-refractivity contribution < 1.29 is 18.0 Å². The molecule has 22 heavy (non-hydrogen) atoms. The molecule has 2 heterocycles. The lowest BCUT2D eigenvalue weighted by Crippen LogP contribution is -2.13. The molecular formula is C14H8F3N3OS. The molecule has 3 rings (SSSR count). The fraction of sp³-hybridized carbons (Fsp3) is 0.0714. The van der Waals surface area contributed by atoms with Gasteiger partial charge in [0, 0.05) is 11.8 Å². The second kappa shape index (κ2) is 5.38. The second-order valence-corrected chi connectivity index (χ2v) is 5.31. The molecule has 2 aromatic heterocycles. The van der Waals surface area contributed by atoms with Gasteiger partial charge >= 0.3 is 6.18 Å². The highest BCUT2D eigenvalue weighted by Gasteiger charge is 2.30. The number of hydrogen-bond donors (Lipinski definition) is 1. The topological polar surface area (TPSA) is 54.9 Å². The van der Waals surface area contributed by atoms with Crippen LogP contribution in [0.1, 0.15) is 15.9 Å². The smallest absolute Gasteiger partial charge is 0.307 e. The molecule has 0 aliphatic rings. The molecule has 112 valence electrons. The van der Waals surface area contributed by atoms with Crippen molar-refractivity contribution in [3.05, 3.63) is 53.2 Å². The molecule has 0 saturated carbocycles. The summed E-state index contributed by atoms with van der Waals surface area (Å²) < 4.78 is 38.2. The molecule has 0 bridgehead atoms. The number of anilines is 1. The normalized spacial score (nSPS) is 11.6. The van der Waals surface area contributed by atoms with Crippen molar-refractivity contribution in [3.63, 3.8) is 0 Å². The number of rotatable bonds is 2. The van der Waals surface area contributed by atoms with E-state index >= 15 is 0 Å². The lowest BCUT2D eigenvalue weighted by atomic mass is 10.2. The van der Waals surface area contributed by atoms with E-state index in [1.165, 1.54) is 11.3 Å². The fourth-order valence-electron chi connectivity index (χ4n) is 1.82. The number of nitrogens with zero attached hydrogens (tertiary/aromatic N) is 2. The Hall–Kier alpha value is -2.48. The zero-order valence-corrected chi connectivity index (χ0v) is 11.7. The van der Waals surface area contributed by atoms with E-state index in [4.69, 9.17) is 0 Å². The Bertz CT molecular complexity index is 827. The van der Waals surface area contributed by atoms with E-state index in [-0.39, 0.29) is 5.82 Å². The van der Waals surface area contributed by atoms with E-state index in [2.05, 4.69) is 15.3 Å². The van der Waals surface area contributed by atoms with Crippen molar-refractivity contribution in [1.82, 2.24) is 9.97 Å². The van der Waals surface area contributed by atoms with Gasteiger partial charge < -0.3 is 5.32 Å². The molecule has 0 spiro atoms. The molecule has 3 aromatic rings. The average Bonchev–Trinajstić information content (AvgIpc) is 2.94. The van der Waals surface area contributed by atoms with Crippen molar-refractivity contribution in [2.45, 2.75) is 6.18 Å². The third-order valence-corrected chi connectivity index (χ3v) is 3.72. The SMILES string of the molecule is O=C(Nc1ccc(C(F)(F)F)cn1)c1ccc2ncsc2c1. The molecule has 0 fully saturated rings. The van der Waals surface area contributed by atoms with Crippen LogP contribution >= 0.6 is 11.3 Å². The molecule has 1 aromatic carbocycles. The first-order valence-electron chi connectivity index (χ1n) is 6.11. The monoisotopic (exact) mass is 323 g/mol. The number of hydrogen-bond acceptors (Lipinski definition) is 4. The molecule has 0 unspecified atom stereocenters. The molecule has 0 aliphatic heterocycles. The fourth-order valence-corrected chi connectivity index (χ4v) is 2.54. The van der Waals surface area contributed by atoms with Crippen LogP contribution in [0.25, 0.3) is 10.2 Å². The minimum atomic E-state index is -4.45. The number of carbonyl (C=O) groups excluding carboxylic acids is 1. The third kappa shape index (κ3) is 2.91. The summed E-state index contributed by atoms with van der Waals surface area (Å²) in [6.07, 6.45) is -3.77. The number of fused-ring (bicyclic) bond motifs is 1. The van der Waals surface area contributed by atoms with Gasteiger partial charge in [0.15, 0.2) is 0 Å². The number of pyridine rings is 1. The van der Waals surface area contributed by atoms with Gasteiger partial charge in [0.2, 0.25) is 0 Å². The maximum Gasteiger partial charge on any atom is 0.417 e. The van der Waals surface area contributed by atoms with Gasteiger partial charge in [-0.1, -0.05) is 0 Å². The Morgan fingerprint density at radius 1 is 1.14 bits per heavy atom. The number of thiazole rings is 1. The Labute approximate surface area is 126 Å². The predicted octanol–water partition coefficient (Wildman–Crippen LogP) is 3.96. The van der Waals surface area contributed by atoms with Gasteiger partial charge in [0.25, 0.3) is 5.91 Å². The number of benzene rings is 1. The standard InChI is InChI=1S/C14H8F3N3OS/c15-14(16,17)9-2-4-12(18-6-9)20-13(21)8-1-3-10-11(5-8)22-7-19-10/h1-7H,(H,18,20,21). The Balaban J connectivity index is 1.78. The zero-order valence-electron chi connectivity index (χ0n) is 10.9. The van der Waals surface area contributed by atoms with Crippen LogP contribution < -0.4 is 5.32 Å². The van der Waals surface area contributed by atoms with Crippen molar-refractivity contribution in [1.29, 1.82) is 0 Å². The van der Waals surface area contributed by atoms with Crippen LogP contribution in [0.2, 0.25) is 0 Å². The van der Waals surface area contributed by atoms with Crippen LogP contribution in [0.15, 0.2) is 42.0 Å². The van der Waals surface area contributed by atoms with Gasteiger partial charge in [-0.2, -0.15) is 13.2 Å². The van der Waals surface area contributed by atoms with Gasteiger partial charge in [-0.15, -0.1) is 11.3 Å². The average molecular weight is 323 g/mol. The van der Waals surface area contributed by atoms with E-state index in [1.54, 1.807) is 23.7 Å². The number of aromatic nitrogens is 2. The summed E-state index contributed by atoms with van der Waals surface area (Å²) in [6, 6.07) is 6.97. The zero-order chi connectivity index (χ0) is 15.7. The highest BCUT2D eigenvalue weighted by Crippen LogP contribution is 2.29. The first kappa shape index (κ1) is 14.5. The molecule has 4 nitrogen and oxygen atoms in total. The van der Waals surface area contributed by atoms with Crippen LogP contribution in [0.4, 0.5) is 19.0 Å². The molecule has 0 saturated heterocycles.